The molecule has 0 radical (unpaired) electrons. The van der Waals surface area contributed by atoms with E-state index in [-0.39, 0.29) is 10.6 Å². The molecule has 0 saturated heterocycles. The number of hydrogen-bond donors (Lipinski definition) is 3. The quantitative estimate of drug-likeness (QED) is 0.216. The van der Waals surface area contributed by atoms with E-state index in [0.717, 1.165) is 5.41 Å². The van der Waals surface area contributed by atoms with Crippen LogP contribution in [0, 0.1) is 0 Å². The molecule has 0 atom stereocenters. The first-order chi connectivity index (χ1) is 11.9. The maximum Gasteiger partial charge on any atom is 0.199 e. The summed E-state index contributed by atoms with van der Waals surface area (Å²) in [6, 6.07) is 8.72. The molecule has 0 aliphatic carbocycles. The Hall–Kier alpha value is -2.44. The van der Waals surface area contributed by atoms with Crippen molar-refractivity contribution < 1.29 is 23.0 Å². The highest BCUT2D eigenvalue weighted by atomic mass is 32.2. The maximum atomic E-state index is 11.6. The van der Waals surface area contributed by atoms with E-state index in [2.05, 4.69) is 26.2 Å². The summed E-state index contributed by atoms with van der Waals surface area (Å²) in [5, 5.41) is 20.6. The third-order valence-corrected chi connectivity index (χ3v) is 5.00. The Morgan fingerprint density at radius 2 is 1.80 bits per heavy atom. The van der Waals surface area contributed by atoms with Gasteiger partial charge in [-0.25, -0.2) is 13.7 Å². The minimum Gasteiger partial charge on any atom is -0.398 e. The number of nitrogens with two attached hydrogens (primary N) is 2. The van der Waals surface area contributed by atoms with Crippen LogP contribution in [-0.4, -0.2) is 13.7 Å². The van der Waals surface area contributed by atoms with E-state index in [0.29, 0.717) is 34.0 Å². The number of sulfone groups is 1. The van der Waals surface area contributed by atoms with Gasteiger partial charge in [0.2, 0.25) is 0 Å². The molecule has 0 heterocycles. The van der Waals surface area contributed by atoms with Gasteiger partial charge in [-0.2, -0.15) is 5.11 Å². The fourth-order valence-corrected chi connectivity index (χ4v) is 2.85. The Morgan fingerprint density at radius 1 is 1.12 bits per heavy atom. The minimum absolute atomic E-state index is 0.105. The molecular formula is C14H14N4O5S2. The molecule has 0 aromatic heterocycles. The summed E-state index contributed by atoms with van der Waals surface area (Å²) in [5.41, 5.74) is 12.9. The summed E-state index contributed by atoms with van der Waals surface area (Å²) in [5.74, 6) is 0. The third kappa shape index (κ3) is 4.78. The van der Waals surface area contributed by atoms with Crippen LogP contribution in [0.4, 0.5) is 22.7 Å². The molecule has 0 fully saturated rings. The van der Waals surface area contributed by atoms with E-state index in [9.17, 15) is 8.42 Å². The molecule has 0 spiro atoms. The highest BCUT2D eigenvalue weighted by molar-refractivity contribution is 7.94. The molecule has 0 aliphatic heterocycles. The molecule has 25 heavy (non-hydrogen) atoms. The highest BCUT2D eigenvalue weighted by Gasteiger charge is 2.10. The number of nitrogens with zero attached hydrogens (tertiary/aromatic N) is 2. The average Bonchev–Trinajstić information content (AvgIpc) is 2.60. The number of hydrogen-bond acceptors (Lipinski definition) is 10. The highest BCUT2D eigenvalue weighted by Crippen LogP contribution is 2.35. The molecule has 9 nitrogen and oxygen atoms in total. The topological polar surface area (TPSA) is 150 Å². The molecule has 0 saturated carbocycles. The smallest absolute Gasteiger partial charge is 0.199 e. The monoisotopic (exact) mass is 382 g/mol. The lowest BCUT2D eigenvalue weighted by Gasteiger charge is -2.06. The standard InChI is InChI=1S/C14H14N4O5S2/c1-2-25(20,21)10-5-3-9(4-6-10)17-18-13-8-14(24-23-22-19)12(16)7-11(13)15/h2-8,19H,1,15-16H2. The van der Waals surface area contributed by atoms with Gasteiger partial charge in [-0.1, -0.05) is 11.6 Å². The zero-order valence-corrected chi connectivity index (χ0v) is 14.3. The minimum atomic E-state index is -3.50. The first kappa shape index (κ1) is 18.9. The molecule has 2 rings (SSSR count). The SMILES string of the molecule is C=CS(=O)(=O)c1ccc(N=Nc2cc(SOOO)c(N)cc2N)cc1. The first-order valence-electron chi connectivity index (χ1n) is 6.60. The number of nitrogen functional groups attached to an aromatic ring is 2. The van der Waals surface area contributed by atoms with Crippen LogP contribution in [-0.2, 0) is 19.2 Å². The lowest BCUT2D eigenvalue weighted by Crippen LogP contribution is -1.94. The van der Waals surface area contributed by atoms with E-state index in [4.69, 9.17) is 16.7 Å². The van der Waals surface area contributed by atoms with Crippen molar-refractivity contribution in [1.29, 1.82) is 0 Å². The van der Waals surface area contributed by atoms with Gasteiger partial charge in [-0.3, -0.25) is 0 Å². The second kappa shape index (κ2) is 8.09. The molecule has 11 heteroatoms. The van der Waals surface area contributed by atoms with Crippen LogP contribution in [0.25, 0.3) is 0 Å². The van der Waals surface area contributed by atoms with Crippen LogP contribution < -0.4 is 11.5 Å². The van der Waals surface area contributed by atoms with Crippen molar-refractivity contribution in [2.24, 2.45) is 10.2 Å². The van der Waals surface area contributed by atoms with E-state index in [1.165, 1.54) is 36.4 Å². The lowest BCUT2D eigenvalue weighted by atomic mass is 10.2. The molecule has 0 aliphatic rings. The fourth-order valence-electron chi connectivity index (χ4n) is 1.72. The maximum absolute atomic E-state index is 11.6. The summed E-state index contributed by atoms with van der Waals surface area (Å²) >= 11 is 0.668. The molecule has 5 N–H and O–H groups in total. The van der Waals surface area contributed by atoms with E-state index in [1.807, 2.05) is 0 Å². The molecule has 2 aromatic rings. The normalized spacial score (nSPS) is 11.7. The Morgan fingerprint density at radius 3 is 2.40 bits per heavy atom. The Kier molecular flexibility index (Phi) is 6.12. The molecule has 0 bridgehead atoms. The van der Waals surface area contributed by atoms with Gasteiger partial charge >= 0.3 is 0 Å². The summed E-state index contributed by atoms with van der Waals surface area (Å²) in [4.78, 5) is 0.512. The fraction of sp³-hybridized carbons (Fsp3) is 0. The molecule has 0 amide bonds. The summed E-state index contributed by atoms with van der Waals surface area (Å²) in [6.07, 6.45) is 0. The Labute approximate surface area is 147 Å². The molecule has 0 unspecified atom stereocenters. The van der Waals surface area contributed by atoms with Gasteiger partial charge in [0.1, 0.15) is 5.69 Å². The number of rotatable bonds is 7. The number of azo groups is 1. The van der Waals surface area contributed by atoms with Crippen molar-refractivity contribution in [3.05, 3.63) is 48.4 Å². The first-order valence-corrected chi connectivity index (χ1v) is 8.89. The largest absolute Gasteiger partial charge is 0.398 e. The van der Waals surface area contributed by atoms with Crippen LogP contribution in [0.2, 0.25) is 0 Å². The van der Waals surface area contributed by atoms with Gasteiger partial charge in [0, 0.05) is 11.1 Å². The summed E-state index contributed by atoms with van der Waals surface area (Å²) in [6.45, 7) is 3.26. The zero-order valence-electron chi connectivity index (χ0n) is 12.7. The van der Waals surface area contributed by atoms with Crippen LogP contribution in [0.1, 0.15) is 0 Å². The predicted octanol–water partition coefficient (Wildman–Crippen LogP) is 3.61. The number of benzene rings is 2. The van der Waals surface area contributed by atoms with E-state index < -0.39 is 9.84 Å². The van der Waals surface area contributed by atoms with Gasteiger partial charge in [-0.15, -0.1) is 9.45 Å². The van der Waals surface area contributed by atoms with Crippen molar-refractivity contribution in [3.8, 4) is 0 Å². The van der Waals surface area contributed by atoms with E-state index >= 15 is 0 Å². The summed E-state index contributed by atoms with van der Waals surface area (Å²) in [7, 11) is -3.50. The van der Waals surface area contributed by atoms with Gasteiger partial charge < -0.3 is 11.5 Å². The van der Waals surface area contributed by atoms with Crippen molar-refractivity contribution in [1.82, 2.24) is 0 Å². The van der Waals surface area contributed by atoms with Gasteiger partial charge in [-0.05, 0) is 36.4 Å². The van der Waals surface area contributed by atoms with Crippen LogP contribution in [0.3, 0.4) is 0 Å². The van der Waals surface area contributed by atoms with Crippen LogP contribution in [0.5, 0.6) is 0 Å². The van der Waals surface area contributed by atoms with Gasteiger partial charge in [0.25, 0.3) is 0 Å². The zero-order chi connectivity index (χ0) is 18.4. The second-order valence-electron chi connectivity index (χ2n) is 4.58. The third-order valence-electron chi connectivity index (χ3n) is 2.97. The van der Waals surface area contributed by atoms with Crippen molar-refractivity contribution in [3.63, 3.8) is 0 Å². The second-order valence-corrected chi connectivity index (χ2v) is 7.22. The Balaban J connectivity index is 2.25. The summed E-state index contributed by atoms with van der Waals surface area (Å²) < 4.78 is 27.6. The van der Waals surface area contributed by atoms with Crippen molar-refractivity contribution in [2.75, 3.05) is 11.5 Å². The molecule has 2 aromatic carbocycles. The predicted molar refractivity (Wildman–Crippen MR) is 93.9 cm³/mol. The average molecular weight is 382 g/mol. The van der Waals surface area contributed by atoms with Crippen molar-refractivity contribution in [2.45, 2.75) is 9.79 Å². The van der Waals surface area contributed by atoms with Crippen molar-refractivity contribution >= 4 is 44.6 Å². The molecular weight excluding hydrogens is 368 g/mol. The molecule has 132 valence electrons. The Bertz CT molecular complexity index is 898. The van der Waals surface area contributed by atoms with Crippen LogP contribution in [0.15, 0.2) is 68.4 Å². The number of anilines is 2. The van der Waals surface area contributed by atoms with E-state index in [1.54, 1.807) is 0 Å². The lowest BCUT2D eigenvalue weighted by molar-refractivity contribution is -0.432. The van der Waals surface area contributed by atoms with Crippen LogP contribution >= 0.6 is 12.0 Å². The van der Waals surface area contributed by atoms with Gasteiger partial charge in [0.15, 0.2) is 9.84 Å². The van der Waals surface area contributed by atoms with Gasteiger partial charge in [0.05, 0.1) is 33.2 Å².